The third kappa shape index (κ3) is 3.22. The maximum atomic E-state index is 12.2. The summed E-state index contributed by atoms with van der Waals surface area (Å²) < 4.78 is 6.72. The first-order valence-electron chi connectivity index (χ1n) is 6.76. The van der Waals surface area contributed by atoms with Gasteiger partial charge in [0.2, 0.25) is 0 Å². The highest BCUT2D eigenvalue weighted by Crippen LogP contribution is 2.13. The van der Waals surface area contributed by atoms with Crippen molar-refractivity contribution in [3.05, 3.63) is 71.5 Å². The third-order valence-corrected chi connectivity index (χ3v) is 3.19. The van der Waals surface area contributed by atoms with E-state index < -0.39 is 5.97 Å². The lowest BCUT2D eigenvalue weighted by atomic mass is 10.1. The molecule has 2 aromatic carbocycles. The molecule has 0 bridgehead atoms. The Labute approximate surface area is 131 Å². The normalized spacial score (nSPS) is 10.0. The van der Waals surface area contributed by atoms with Crippen molar-refractivity contribution in [2.24, 2.45) is 0 Å². The number of esters is 1. The molecule has 112 valence electrons. The monoisotopic (exact) mass is 305 g/mol. The molecular formula is C16H11N5O2. The Morgan fingerprint density at radius 1 is 1.22 bits per heavy atom. The largest absolute Gasteiger partial charge is 0.457 e. The molecule has 0 N–H and O–H groups in total. The molecule has 1 aromatic heterocycles. The van der Waals surface area contributed by atoms with Crippen LogP contribution in [0.25, 0.3) is 5.69 Å². The molecule has 0 spiro atoms. The van der Waals surface area contributed by atoms with Gasteiger partial charge in [0.05, 0.1) is 22.9 Å². The molecule has 0 aliphatic rings. The average Bonchev–Trinajstić information content (AvgIpc) is 3.14. The molecule has 3 rings (SSSR count). The highest BCUT2D eigenvalue weighted by molar-refractivity contribution is 5.90. The van der Waals surface area contributed by atoms with Crippen LogP contribution >= 0.6 is 0 Å². The number of tetrazole rings is 1. The van der Waals surface area contributed by atoms with Gasteiger partial charge in [-0.25, -0.2) is 9.48 Å². The van der Waals surface area contributed by atoms with Gasteiger partial charge in [-0.3, -0.25) is 0 Å². The van der Waals surface area contributed by atoms with Crippen molar-refractivity contribution in [2.75, 3.05) is 0 Å². The van der Waals surface area contributed by atoms with Gasteiger partial charge in [0.15, 0.2) is 0 Å². The maximum absolute atomic E-state index is 12.2. The number of nitrogens with zero attached hydrogens (tertiary/aromatic N) is 5. The second-order valence-corrected chi connectivity index (χ2v) is 4.65. The Bertz CT molecular complexity index is 868. The number of ether oxygens (including phenoxy) is 1. The van der Waals surface area contributed by atoms with Gasteiger partial charge in [0, 0.05) is 5.56 Å². The molecule has 7 heteroatoms. The Kier molecular flexibility index (Phi) is 4.07. The van der Waals surface area contributed by atoms with Gasteiger partial charge in [-0.15, -0.1) is 5.10 Å². The number of hydrogen-bond acceptors (Lipinski definition) is 6. The maximum Gasteiger partial charge on any atom is 0.338 e. The number of hydrogen-bond donors (Lipinski definition) is 0. The summed E-state index contributed by atoms with van der Waals surface area (Å²) in [5.74, 6) is -0.479. The van der Waals surface area contributed by atoms with Gasteiger partial charge < -0.3 is 4.74 Å². The van der Waals surface area contributed by atoms with Crippen LogP contribution in [0.15, 0.2) is 54.9 Å². The second kappa shape index (κ2) is 6.49. The predicted molar refractivity (Wildman–Crippen MR) is 79.4 cm³/mol. The van der Waals surface area contributed by atoms with E-state index in [0.29, 0.717) is 22.4 Å². The standard InChI is InChI=1S/C16H11N5O2/c17-9-13-4-1-2-5-14(13)10-23-16(22)12-6-3-7-15(8-12)21-11-18-19-20-21/h1-8,11H,10H2. The van der Waals surface area contributed by atoms with Crippen LogP contribution in [0.2, 0.25) is 0 Å². The molecule has 3 aromatic rings. The zero-order valence-electron chi connectivity index (χ0n) is 12.0. The summed E-state index contributed by atoms with van der Waals surface area (Å²) in [5.41, 5.74) is 2.19. The first kappa shape index (κ1) is 14.4. The van der Waals surface area contributed by atoms with E-state index in [1.54, 1.807) is 48.5 Å². The fourth-order valence-electron chi connectivity index (χ4n) is 2.04. The van der Waals surface area contributed by atoms with Gasteiger partial charge in [-0.2, -0.15) is 5.26 Å². The highest BCUT2D eigenvalue weighted by atomic mass is 16.5. The van der Waals surface area contributed by atoms with Gasteiger partial charge in [-0.05, 0) is 34.7 Å². The lowest BCUT2D eigenvalue weighted by molar-refractivity contribution is 0.0472. The summed E-state index contributed by atoms with van der Waals surface area (Å²) in [7, 11) is 0. The Hall–Kier alpha value is -3.53. The molecule has 0 aliphatic heterocycles. The number of carbonyl (C=O) groups is 1. The molecule has 0 saturated heterocycles. The van der Waals surface area contributed by atoms with E-state index in [1.807, 2.05) is 0 Å². The van der Waals surface area contributed by atoms with Crippen LogP contribution in [-0.4, -0.2) is 26.2 Å². The first-order valence-corrected chi connectivity index (χ1v) is 6.76. The quantitative estimate of drug-likeness (QED) is 0.683. The van der Waals surface area contributed by atoms with Crippen LogP contribution in [0.4, 0.5) is 0 Å². The van der Waals surface area contributed by atoms with Crippen LogP contribution < -0.4 is 0 Å². The van der Waals surface area contributed by atoms with Crippen molar-refractivity contribution < 1.29 is 9.53 Å². The topological polar surface area (TPSA) is 93.7 Å². The average molecular weight is 305 g/mol. The summed E-state index contributed by atoms with van der Waals surface area (Å²) in [6.45, 7) is 0.0394. The number of benzene rings is 2. The number of rotatable bonds is 4. The summed E-state index contributed by atoms with van der Waals surface area (Å²) >= 11 is 0. The lowest BCUT2D eigenvalue weighted by Gasteiger charge is -2.07. The number of aromatic nitrogens is 4. The van der Waals surface area contributed by atoms with Crippen LogP contribution in [0.3, 0.4) is 0 Å². The minimum atomic E-state index is -0.479. The van der Waals surface area contributed by atoms with E-state index in [9.17, 15) is 4.79 Å². The minimum Gasteiger partial charge on any atom is -0.457 e. The predicted octanol–water partition coefficient (Wildman–Crippen LogP) is 1.89. The van der Waals surface area contributed by atoms with Gasteiger partial charge in [-0.1, -0.05) is 24.3 Å². The number of nitriles is 1. The molecule has 0 saturated carbocycles. The molecule has 0 amide bonds. The Balaban J connectivity index is 1.74. The van der Waals surface area contributed by atoms with E-state index in [2.05, 4.69) is 21.6 Å². The van der Waals surface area contributed by atoms with Gasteiger partial charge in [0.25, 0.3) is 0 Å². The molecule has 0 fully saturated rings. The zero-order chi connectivity index (χ0) is 16.1. The molecule has 0 radical (unpaired) electrons. The van der Waals surface area contributed by atoms with Gasteiger partial charge in [0.1, 0.15) is 12.9 Å². The van der Waals surface area contributed by atoms with Crippen molar-refractivity contribution in [1.82, 2.24) is 20.2 Å². The SMILES string of the molecule is N#Cc1ccccc1COC(=O)c1cccc(-n2cnnn2)c1. The van der Waals surface area contributed by atoms with Crippen molar-refractivity contribution in [3.8, 4) is 11.8 Å². The fraction of sp³-hybridized carbons (Fsp3) is 0.0625. The fourth-order valence-corrected chi connectivity index (χ4v) is 2.04. The summed E-state index contributed by atoms with van der Waals surface area (Å²) in [5, 5.41) is 19.9. The molecule has 7 nitrogen and oxygen atoms in total. The summed E-state index contributed by atoms with van der Waals surface area (Å²) in [4.78, 5) is 12.2. The van der Waals surface area contributed by atoms with E-state index in [4.69, 9.17) is 10.00 Å². The molecular weight excluding hydrogens is 294 g/mol. The highest BCUT2D eigenvalue weighted by Gasteiger charge is 2.10. The van der Waals surface area contributed by atoms with E-state index >= 15 is 0 Å². The molecule has 0 atom stereocenters. The van der Waals surface area contributed by atoms with Crippen LogP contribution in [-0.2, 0) is 11.3 Å². The van der Waals surface area contributed by atoms with E-state index in [1.165, 1.54) is 11.0 Å². The molecule has 23 heavy (non-hydrogen) atoms. The molecule has 0 unspecified atom stereocenters. The Morgan fingerprint density at radius 3 is 2.87 bits per heavy atom. The van der Waals surface area contributed by atoms with Crippen molar-refractivity contribution >= 4 is 5.97 Å². The molecule has 0 aliphatic carbocycles. The summed E-state index contributed by atoms with van der Waals surface area (Å²) in [6.07, 6.45) is 1.44. The first-order chi connectivity index (χ1) is 11.3. The smallest absolute Gasteiger partial charge is 0.338 e. The van der Waals surface area contributed by atoms with Crippen molar-refractivity contribution in [2.45, 2.75) is 6.61 Å². The lowest BCUT2D eigenvalue weighted by Crippen LogP contribution is -2.07. The van der Waals surface area contributed by atoms with E-state index in [-0.39, 0.29) is 6.61 Å². The van der Waals surface area contributed by atoms with Gasteiger partial charge >= 0.3 is 5.97 Å². The van der Waals surface area contributed by atoms with E-state index in [0.717, 1.165) is 0 Å². The van der Waals surface area contributed by atoms with Crippen LogP contribution in [0.5, 0.6) is 0 Å². The molecule has 1 heterocycles. The van der Waals surface area contributed by atoms with Crippen LogP contribution in [0, 0.1) is 11.3 Å². The Morgan fingerprint density at radius 2 is 2.09 bits per heavy atom. The van der Waals surface area contributed by atoms with Crippen molar-refractivity contribution in [3.63, 3.8) is 0 Å². The minimum absolute atomic E-state index is 0.0394. The second-order valence-electron chi connectivity index (χ2n) is 4.65. The van der Waals surface area contributed by atoms with Crippen LogP contribution in [0.1, 0.15) is 21.5 Å². The number of carbonyl (C=O) groups excluding carboxylic acids is 1. The zero-order valence-corrected chi connectivity index (χ0v) is 12.0. The third-order valence-electron chi connectivity index (χ3n) is 3.19. The summed E-state index contributed by atoms with van der Waals surface area (Å²) in [6, 6.07) is 15.8. The van der Waals surface area contributed by atoms with Crippen molar-refractivity contribution in [1.29, 1.82) is 5.26 Å².